The molecule has 1 N–H and O–H groups in total. The van der Waals surface area contributed by atoms with Crippen molar-refractivity contribution in [2.45, 2.75) is 68.0 Å². The number of thioether (sulfide) groups is 1. The molecule has 0 aromatic carbocycles. The van der Waals surface area contributed by atoms with E-state index in [1.165, 1.54) is 0 Å². The molecule has 0 aromatic heterocycles. The van der Waals surface area contributed by atoms with Crippen molar-refractivity contribution in [1.29, 1.82) is 0 Å². The normalized spacial score (nSPS) is 30.4. The van der Waals surface area contributed by atoms with Crippen molar-refractivity contribution in [3.8, 4) is 0 Å². The monoisotopic (exact) mass is 577 g/mol. The first-order valence-electron chi connectivity index (χ1n) is 14.9. The third-order valence-corrected chi connectivity index (χ3v) is 11.0. The number of nitrogens with zero attached hydrogens (tertiary/aromatic N) is 3. The molecule has 0 aliphatic carbocycles. The lowest BCUT2D eigenvalue weighted by molar-refractivity contribution is -0.155. The first-order chi connectivity index (χ1) is 19.3. The third-order valence-electron chi connectivity index (χ3n) is 9.06. The van der Waals surface area contributed by atoms with Crippen LogP contribution in [0.5, 0.6) is 0 Å². The van der Waals surface area contributed by atoms with Crippen LogP contribution in [0.3, 0.4) is 0 Å². The van der Waals surface area contributed by atoms with E-state index in [-0.39, 0.29) is 35.6 Å². The van der Waals surface area contributed by atoms with Crippen LogP contribution in [-0.2, 0) is 23.9 Å². The van der Waals surface area contributed by atoms with Gasteiger partial charge in [-0.3, -0.25) is 19.3 Å². The van der Waals surface area contributed by atoms with Crippen molar-refractivity contribution >= 4 is 29.5 Å². The van der Waals surface area contributed by atoms with E-state index in [9.17, 15) is 19.5 Å². The van der Waals surface area contributed by atoms with Crippen LogP contribution in [0.4, 0.5) is 0 Å². The molecule has 6 atom stereocenters. The first-order valence-corrected chi connectivity index (χ1v) is 15.8. The molecule has 2 amide bonds. The smallest absolute Gasteiger partial charge is 0.310 e. The topological polar surface area (TPSA) is 99.6 Å². The fraction of sp³-hybridized carbons (Fsp3) is 0.767. The first kappa shape index (κ1) is 31.1. The molecule has 4 fully saturated rings. The highest BCUT2D eigenvalue weighted by molar-refractivity contribution is 8.02. The molecule has 4 saturated heterocycles. The lowest BCUT2D eigenvalue weighted by Gasteiger charge is -2.41. The van der Waals surface area contributed by atoms with Crippen LogP contribution in [0.25, 0.3) is 0 Å². The Kier molecular flexibility index (Phi) is 10.8. The third kappa shape index (κ3) is 6.01. The van der Waals surface area contributed by atoms with E-state index in [1.807, 2.05) is 19.9 Å². The van der Waals surface area contributed by atoms with E-state index in [1.54, 1.807) is 27.6 Å². The van der Waals surface area contributed by atoms with E-state index < -0.39 is 28.7 Å². The number of rotatable bonds is 15. The molecule has 224 valence electrons. The summed E-state index contributed by atoms with van der Waals surface area (Å²) in [5.41, 5.74) is 0. The van der Waals surface area contributed by atoms with E-state index in [0.29, 0.717) is 45.9 Å². The van der Waals surface area contributed by atoms with Gasteiger partial charge in [-0.05, 0) is 38.0 Å². The van der Waals surface area contributed by atoms with Crippen LogP contribution in [0.2, 0.25) is 0 Å². The zero-order valence-corrected chi connectivity index (χ0v) is 25.0. The lowest BCUT2D eigenvalue weighted by atomic mass is 9.71. The second-order valence-corrected chi connectivity index (χ2v) is 13.4. The second-order valence-electron chi connectivity index (χ2n) is 11.8. The Balaban J connectivity index is 1.61. The van der Waals surface area contributed by atoms with Gasteiger partial charge in [-0.25, -0.2) is 0 Å². The van der Waals surface area contributed by atoms with Gasteiger partial charge in [-0.15, -0.1) is 24.9 Å². The van der Waals surface area contributed by atoms with Gasteiger partial charge in [0.25, 0.3) is 0 Å². The van der Waals surface area contributed by atoms with Crippen LogP contribution >= 0.6 is 11.8 Å². The maximum atomic E-state index is 14.5. The van der Waals surface area contributed by atoms with E-state index in [2.05, 4.69) is 18.1 Å². The zero-order valence-electron chi connectivity index (χ0n) is 24.2. The second kappa shape index (κ2) is 13.9. The number of likely N-dealkylation sites (tertiary alicyclic amines) is 1. The SMILES string of the molecule is C=CCCCCOC(=O)[C@@H]1[C@H]2C(=O)N([C@@H](CO)C(C)C)C(C(=O)N(CC=C)CCN3CCOCC3)C23CC[C@H]1S3. The number of aliphatic hydroxyl groups excluding tert-OH is 1. The number of unbranched alkanes of at least 4 members (excludes halogenated alkanes) is 2. The Bertz CT molecular complexity index is 940. The van der Waals surface area contributed by atoms with Gasteiger partial charge in [0.1, 0.15) is 6.04 Å². The average Bonchev–Trinajstić information content (AvgIpc) is 3.59. The zero-order chi connectivity index (χ0) is 28.9. The van der Waals surface area contributed by atoms with Crippen LogP contribution in [0.1, 0.15) is 46.0 Å². The Labute approximate surface area is 243 Å². The van der Waals surface area contributed by atoms with Gasteiger partial charge in [0, 0.05) is 38.0 Å². The summed E-state index contributed by atoms with van der Waals surface area (Å²) in [5, 5.41) is 10.4. The average molecular weight is 578 g/mol. The Hall–Kier alpha value is -1.88. The molecule has 4 rings (SSSR count). The Morgan fingerprint density at radius 2 is 2.00 bits per heavy atom. The van der Waals surface area contributed by atoms with Crippen LogP contribution < -0.4 is 0 Å². The van der Waals surface area contributed by atoms with E-state index in [0.717, 1.165) is 38.8 Å². The van der Waals surface area contributed by atoms with Crippen molar-refractivity contribution < 1.29 is 29.0 Å². The molecule has 1 spiro atoms. The number of allylic oxidation sites excluding steroid dienone is 1. The molecule has 0 aromatic rings. The minimum atomic E-state index is -0.741. The van der Waals surface area contributed by atoms with Crippen LogP contribution in [0, 0.1) is 17.8 Å². The van der Waals surface area contributed by atoms with Gasteiger partial charge in [0.2, 0.25) is 11.8 Å². The molecule has 4 heterocycles. The number of carbonyl (C=O) groups excluding carboxylic acids is 3. The summed E-state index contributed by atoms with van der Waals surface area (Å²) in [5.74, 6) is -1.89. The fourth-order valence-corrected chi connectivity index (χ4v) is 9.17. The molecule has 4 aliphatic rings. The molecule has 2 bridgehead atoms. The number of aliphatic hydroxyl groups is 1. The number of morpholine rings is 1. The Morgan fingerprint density at radius 3 is 2.65 bits per heavy atom. The van der Waals surface area contributed by atoms with E-state index >= 15 is 0 Å². The summed E-state index contributed by atoms with van der Waals surface area (Å²) in [6, 6.07) is -1.25. The molecule has 4 aliphatic heterocycles. The standard InChI is InChI=1S/C30H47N3O6S/c1-5-7-8-9-17-39-29(37)24-23-10-11-30(40-23)25(24)27(35)33(22(20-34)21(3)4)26(30)28(36)32(12-6-2)14-13-31-15-18-38-19-16-31/h5-6,21-26,34H,1-2,7-20H2,3-4H3/t22-,23+,24-,25-,26?,30?/m0/s1. The number of amides is 2. The molecule has 9 nitrogen and oxygen atoms in total. The van der Waals surface area contributed by atoms with Gasteiger partial charge < -0.3 is 24.4 Å². The largest absolute Gasteiger partial charge is 0.465 e. The molecular formula is C30H47N3O6S. The Morgan fingerprint density at radius 1 is 1.25 bits per heavy atom. The number of esters is 1. The van der Waals surface area contributed by atoms with E-state index in [4.69, 9.17) is 9.47 Å². The maximum Gasteiger partial charge on any atom is 0.310 e. The molecule has 2 unspecified atom stereocenters. The van der Waals surface area contributed by atoms with Gasteiger partial charge in [-0.1, -0.05) is 26.0 Å². The van der Waals surface area contributed by atoms with Crippen molar-refractivity contribution in [2.24, 2.45) is 17.8 Å². The maximum absolute atomic E-state index is 14.5. The minimum Gasteiger partial charge on any atom is -0.465 e. The molecular weight excluding hydrogens is 530 g/mol. The quantitative estimate of drug-likeness (QED) is 0.180. The molecule has 10 heteroatoms. The number of hydrogen-bond donors (Lipinski definition) is 1. The highest BCUT2D eigenvalue weighted by Crippen LogP contribution is 2.67. The lowest BCUT2D eigenvalue weighted by Crippen LogP contribution is -2.59. The van der Waals surface area contributed by atoms with Gasteiger partial charge >= 0.3 is 5.97 Å². The summed E-state index contributed by atoms with van der Waals surface area (Å²) < 4.78 is 10.5. The van der Waals surface area contributed by atoms with Crippen molar-refractivity contribution in [3.63, 3.8) is 0 Å². The summed E-state index contributed by atoms with van der Waals surface area (Å²) in [7, 11) is 0. The summed E-state index contributed by atoms with van der Waals surface area (Å²) in [4.78, 5) is 47.9. The van der Waals surface area contributed by atoms with Crippen molar-refractivity contribution in [3.05, 3.63) is 25.3 Å². The number of ether oxygens (including phenoxy) is 2. The predicted octanol–water partition coefficient (Wildman–Crippen LogP) is 2.34. The number of carbonyl (C=O) groups is 3. The number of hydrogen-bond acceptors (Lipinski definition) is 8. The molecule has 40 heavy (non-hydrogen) atoms. The van der Waals surface area contributed by atoms with Crippen molar-refractivity contribution in [2.75, 3.05) is 59.2 Å². The fourth-order valence-electron chi connectivity index (χ4n) is 6.98. The molecule has 0 radical (unpaired) electrons. The highest BCUT2D eigenvalue weighted by Gasteiger charge is 2.74. The van der Waals surface area contributed by atoms with Crippen molar-refractivity contribution in [1.82, 2.24) is 14.7 Å². The molecule has 0 saturated carbocycles. The van der Waals surface area contributed by atoms with Gasteiger partial charge in [0.15, 0.2) is 0 Å². The van der Waals surface area contributed by atoms with Crippen LogP contribution in [-0.4, -0.2) is 119 Å². The van der Waals surface area contributed by atoms with Gasteiger partial charge in [-0.2, -0.15) is 0 Å². The summed E-state index contributed by atoms with van der Waals surface area (Å²) in [6.07, 6.45) is 7.55. The summed E-state index contributed by atoms with van der Waals surface area (Å²) in [6.45, 7) is 16.2. The number of fused-ring (bicyclic) bond motifs is 1. The summed E-state index contributed by atoms with van der Waals surface area (Å²) >= 11 is 1.64. The predicted molar refractivity (Wildman–Crippen MR) is 156 cm³/mol. The highest BCUT2D eigenvalue weighted by atomic mass is 32.2. The van der Waals surface area contributed by atoms with Crippen LogP contribution in [0.15, 0.2) is 25.3 Å². The minimum absolute atomic E-state index is 0.0418. The van der Waals surface area contributed by atoms with Gasteiger partial charge in [0.05, 0.1) is 49.1 Å².